The Morgan fingerprint density at radius 2 is 1.64 bits per heavy atom. The zero-order valence-electron chi connectivity index (χ0n) is 17.5. The van der Waals surface area contributed by atoms with Gasteiger partial charge in [0.15, 0.2) is 11.5 Å². The van der Waals surface area contributed by atoms with Crippen LogP contribution in [0.1, 0.15) is 22.7 Å². The molecule has 166 valence electrons. The zero-order valence-corrected chi connectivity index (χ0v) is 19.1. The van der Waals surface area contributed by atoms with Crippen LogP contribution in [-0.2, 0) is 16.1 Å². The molecule has 1 amide bonds. The maximum absolute atomic E-state index is 13.2. The third-order valence-electron chi connectivity index (χ3n) is 5.74. The summed E-state index contributed by atoms with van der Waals surface area (Å²) >= 11 is 3.43. The lowest BCUT2D eigenvalue weighted by atomic mass is 9.95. The maximum atomic E-state index is 13.2. The topological polar surface area (TPSA) is 76.1 Å². The molecule has 1 saturated heterocycles. The Morgan fingerprint density at radius 3 is 2.36 bits per heavy atom. The van der Waals surface area contributed by atoms with Gasteiger partial charge in [0.2, 0.25) is 0 Å². The number of Topliss-reactive ketones (excluding diaryl/α,β-unsaturated/α-hetero) is 1. The van der Waals surface area contributed by atoms with Crippen molar-refractivity contribution >= 4 is 33.4 Å². The number of likely N-dealkylation sites (tertiary alicyclic amines) is 1. The minimum Gasteiger partial charge on any atom is -0.507 e. The Balaban J connectivity index is 1.63. The summed E-state index contributed by atoms with van der Waals surface area (Å²) in [5.74, 6) is -0.540. The number of aliphatic hydroxyl groups is 1. The first-order chi connectivity index (χ1) is 16.0. The highest BCUT2D eigenvalue weighted by Crippen LogP contribution is 2.42. The van der Waals surface area contributed by atoms with Crippen LogP contribution in [0.25, 0.3) is 5.76 Å². The average molecular weight is 506 g/mol. The van der Waals surface area contributed by atoms with Gasteiger partial charge in [0.1, 0.15) is 19.0 Å². The predicted molar refractivity (Wildman–Crippen MR) is 126 cm³/mol. The number of ether oxygens (including phenoxy) is 2. The number of hydrogen-bond acceptors (Lipinski definition) is 5. The van der Waals surface area contributed by atoms with Crippen molar-refractivity contribution < 1.29 is 24.2 Å². The summed E-state index contributed by atoms with van der Waals surface area (Å²) in [4.78, 5) is 27.8. The number of ketones is 1. The van der Waals surface area contributed by atoms with Crippen molar-refractivity contribution in [2.24, 2.45) is 0 Å². The normalized spacial score (nSPS) is 19.1. The van der Waals surface area contributed by atoms with Crippen LogP contribution < -0.4 is 9.47 Å². The Labute approximate surface area is 199 Å². The number of carbonyl (C=O) groups excluding carboxylic acids is 2. The van der Waals surface area contributed by atoms with Gasteiger partial charge in [0.05, 0.1) is 11.6 Å². The molecule has 3 aromatic carbocycles. The van der Waals surface area contributed by atoms with E-state index in [0.29, 0.717) is 30.3 Å². The van der Waals surface area contributed by atoms with E-state index in [-0.39, 0.29) is 17.9 Å². The summed E-state index contributed by atoms with van der Waals surface area (Å²) in [6.07, 6.45) is 0. The van der Waals surface area contributed by atoms with E-state index in [1.54, 1.807) is 18.2 Å². The molecule has 3 aromatic rings. The molecule has 5 rings (SSSR count). The molecule has 1 N–H and O–H groups in total. The number of amides is 1. The molecule has 2 aliphatic heterocycles. The highest BCUT2D eigenvalue weighted by molar-refractivity contribution is 9.10. The number of nitrogens with zero attached hydrogens (tertiary/aromatic N) is 1. The summed E-state index contributed by atoms with van der Waals surface area (Å²) in [5.41, 5.74) is 2.06. The lowest BCUT2D eigenvalue weighted by Crippen LogP contribution is -2.29. The first-order valence-corrected chi connectivity index (χ1v) is 11.3. The van der Waals surface area contributed by atoms with Crippen LogP contribution in [0.15, 0.2) is 82.8 Å². The van der Waals surface area contributed by atoms with E-state index in [0.717, 1.165) is 15.6 Å². The van der Waals surface area contributed by atoms with Crippen molar-refractivity contribution in [2.75, 3.05) is 13.2 Å². The largest absolute Gasteiger partial charge is 0.507 e. The van der Waals surface area contributed by atoms with E-state index in [4.69, 9.17) is 9.47 Å². The molecule has 1 fully saturated rings. The molecular formula is C26H20BrNO5. The van der Waals surface area contributed by atoms with Gasteiger partial charge in [-0.25, -0.2) is 0 Å². The fraction of sp³-hybridized carbons (Fsp3) is 0.154. The number of halogens is 1. The second-order valence-electron chi connectivity index (χ2n) is 7.82. The van der Waals surface area contributed by atoms with Gasteiger partial charge in [-0.1, -0.05) is 58.4 Å². The van der Waals surface area contributed by atoms with E-state index in [9.17, 15) is 14.7 Å². The van der Waals surface area contributed by atoms with Gasteiger partial charge >= 0.3 is 0 Å². The summed E-state index contributed by atoms with van der Waals surface area (Å²) in [6.45, 7) is 1.09. The van der Waals surface area contributed by atoms with Gasteiger partial charge < -0.3 is 19.5 Å². The van der Waals surface area contributed by atoms with Gasteiger partial charge in [-0.05, 0) is 41.5 Å². The first kappa shape index (κ1) is 21.3. The lowest BCUT2D eigenvalue weighted by molar-refractivity contribution is -0.140. The van der Waals surface area contributed by atoms with Crippen molar-refractivity contribution in [1.82, 2.24) is 4.90 Å². The molecule has 0 radical (unpaired) electrons. The maximum Gasteiger partial charge on any atom is 0.295 e. The molecular weight excluding hydrogens is 486 g/mol. The minimum absolute atomic E-state index is 0.0509. The third kappa shape index (κ3) is 4.00. The van der Waals surface area contributed by atoms with Gasteiger partial charge in [-0.3, -0.25) is 9.59 Å². The SMILES string of the molecule is O=C1C(=O)N(Cc2ccccc2)[C@H](c2ccc(Br)cc2)C1=C(O)c1ccc2c(c1)OCCO2. The standard InChI is InChI=1S/C26H20BrNO5/c27-19-9-6-17(7-10-19)23-22(24(29)18-8-11-20-21(14-18)33-13-12-32-20)25(30)26(31)28(23)15-16-4-2-1-3-5-16/h1-11,14,23,29H,12-13,15H2/t23-/m1/s1. The van der Waals surface area contributed by atoms with Gasteiger partial charge in [-0.2, -0.15) is 0 Å². The van der Waals surface area contributed by atoms with Gasteiger partial charge in [0.25, 0.3) is 11.7 Å². The highest BCUT2D eigenvalue weighted by atomic mass is 79.9. The van der Waals surface area contributed by atoms with E-state index in [2.05, 4.69) is 15.9 Å². The Hall–Kier alpha value is -3.58. The number of fused-ring (bicyclic) bond motifs is 1. The van der Waals surface area contributed by atoms with Crippen molar-refractivity contribution in [1.29, 1.82) is 0 Å². The van der Waals surface area contributed by atoms with Crippen molar-refractivity contribution in [3.05, 3.63) is 99.5 Å². The third-order valence-corrected chi connectivity index (χ3v) is 6.27. The zero-order chi connectivity index (χ0) is 22.9. The predicted octanol–water partition coefficient (Wildman–Crippen LogP) is 4.84. The molecule has 6 nitrogen and oxygen atoms in total. The van der Waals surface area contributed by atoms with E-state index in [1.807, 2.05) is 54.6 Å². The number of carbonyl (C=O) groups is 2. The summed E-state index contributed by atoms with van der Waals surface area (Å²) < 4.78 is 12.0. The van der Waals surface area contributed by atoms with Crippen molar-refractivity contribution in [2.45, 2.75) is 12.6 Å². The molecule has 0 aromatic heterocycles. The van der Waals surface area contributed by atoms with E-state index >= 15 is 0 Å². The van der Waals surface area contributed by atoms with Crippen molar-refractivity contribution in [3.8, 4) is 11.5 Å². The molecule has 0 spiro atoms. The molecule has 0 unspecified atom stereocenters. The summed E-state index contributed by atoms with van der Waals surface area (Å²) in [5, 5.41) is 11.3. The van der Waals surface area contributed by atoms with Crippen LogP contribution in [0.5, 0.6) is 11.5 Å². The van der Waals surface area contributed by atoms with Crippen LogP contribution in [0.2, 0.25) is 0 Å². The molecule has 2 heterocycles. The molecule has 7 heteroatoms. The Bertz CT molecular complexity index is 1250. The molecule has 0 aliphatic carbocycles. The fourth-order valence-electron chi connectivity index (χ4n) is 4.16. The van der Waals surface area contributed by atoms with Crippen LogP contribution in [0, 0.1) is 0 Å². The second kappa shape index (κ2) is 8.75. The summed E-state index contributed by atoms with van der Waals surface area (Å²) in [7, 11) is 0. The van der Waals surface area contributed by atoms with Crippen LogP contribution in [0.3, 0.4) is 0 Å². The average Bonchev–Trinajstić information content (AvgIpc) is 3.09. The quantitative estimate of drug-likeness (QED) is 0.311. The van der Waals surface area contributed by atoms with Crippen molar-refractivity contribution in [3.63, 3.8) is 0 Å². The number of rotatable bonds is 4. The monoisotopic (exact) mass is 505 g/mol. The molecule has 2 aliphatic rings. The molecule has 0 saturated carbocycles. The lowest BCUT2D eigenvalue weighted by Gasteiger charge is -2.25. The van der Waals surface area contributed by atoms with Gasteiger partial charge in [0, 0.05) is 16.6 Å². The van der Waals surface area contributed by atoms with Crippen LogP contribution in [-0.4, -0.2) is 34.9 Å². The van der Waals surface area contributed by atoms with Crippen LogP contribution in [0.4, 0.5) is 0 Å². The number of hydrogen-bond donors (Lipinski definition) is 1. The van der Waals surface area contributed by atoms with E-state index < -0.39 is 17.7 Å². The first-order valence-electron chi connectivity index (χ1n) is 10.5. The minimum atomic E-state index is -0.730. The van der Waals surface area contributed by atoms with E-state index in [1.165, 1.54) is 4.90 Å². The highest BCUT2D eigenvalue weighted by Gasteiger charge is 2.46. The second-order valence-corrected chi connectivity index (χ2v) is 8.74. The van der Waals surface area contributed by atoms with Gasteiger partial charge in [-0.15, -0.1) is 0 Å². The Kier molecular flexibility index (Phi) is 5.64. The fourth-order valence-corrected chi connectivity index (χ4v) is 4.43. The molecule has 1 atom stereocenters. The molecule has 33 heavy (non-hydrogen) atoms. The molecule has 0 bridgehead atoms. The smallest absolute Gasteiger partial charge is 0.295 e. The van der Waals surface area contributed by atoms with Crippen LogP contribution >= 0.6 is 15.9 Å². The Morgan fingerprint density at radius 1 is 0.939 bits per heavy atom. The summed E-state index contributed by atoms with van der Waals surface area (Å²) in [6, 6.07) is 21.1. The number of benzene rings is 3. The number of aliphatic hydroxyl groups excluding tert-OH is 1.